The van der Waals surface area contributed by atoms with Crippen molar-refractivity contribution in [1.29, 1.82) is 0 Å². The summed E-state index contributed by atoms with van der Waals surface area (Å²) in [6, 6.07) is 4.04. The zero-order valence-corrected chi connectivity index (χ0v) is 8.53. The zero-order valence-electron chi connectivity index (χ0n) is 6.19. The number of benzene rings is 1. The third kappa shape index (κ3) is 2.64. The van der Waals surface area contributed by atoms with E-state index >= 15 is 0 Å². The maximum Gasteiger partial charge on any atom is 0.140 e. The van der Waals surface area contributed by atoms with E-state index in [0.29, 0.717) is 22.7 Å². The third-order valence-corrected chi connectivity index (χ3v) is 1.86. The molecular weight excluding hydrogens is 246 g/mol. The lowest BCUT2D eigenvalue weighted by atomic mass is 10.3. The minimum atomic E-state index is -0.344. The predicted molar refractivity (Wildman–Crippen MR) is 50.7 cm³/mol. The zero-order chi connectivity index (χ0) is 8.97. The van der Waals surface area contributed by atoms with Crippen LogP contribution in [-0.4, -0.2) is 11.9 Å². The van der Waals surface area contributed by atoms with E-state index in [1.54, 1.807) is 0 Å². The Morgan fingerprint density at radius 3 is 2.92 bits per heavy atom. The van der Waals surface area contributed by atoms with E-state index in [1.807, 2.05) is 0 Å². The Kier molecular flexibility index (Phi) is 3.82. The van der Waals surface area contributed by atoms with E-state index in [0.717, 1.165) is 0 Å². The summed E-state index contributed by atoms with van der Waals surface area (Å²) in [4.78, 5) is 0. The average molecular weight is 253 g/mol. The van der Waals surface area contributed by atoms with Crippen LogP contribution >= 0.6 is 27.5 Å². The van der Waals surface area contributed by atoms with Crippen LogP contribution in [0.1, 0.15) is 0 Å². The lowest BCUT2D eigenvalue weighted by Crippen LogP contribution is -1.98. The van der Waals surface area contributed by atoms with Gasteiger partial charge in [-0.15, -0.1) is 0 Å². The maximum absolute atomic E-state index is 12.6. The molecule has 0 aliphatic heterocycles. The molecule has 0 aliphatic carbocycles. The summed E-state index contributed by atoms with van der Waals surface area (Å²) < 4.78 is 17.8. The first-order chi connectivity index (χ1) is 5.74. The first-order valence-corrected chi connectivity index (χ1v) is 4.88. The molecule has 0 aliphatic rings. The van der Waals surface area contributed by atoms with Crippen molar-refractivity contribution in [3.8, 4) is 5.75 Å². The Morgan fingerprint density at radius 1 is 1.50 bits per heavy atom. The molecule has 1 aromatic rings. The highest BCUT2D eigenvalue weighted by Crippen LogP contribution is 2.24. The van der Waals surface area contributed by atoms with Crippen molar-refractivity contribution in [1.82, 2.24) is 0 Å². The minimum Gasteiger partial charge on any atom is -0.491 e. The molecule has 0 aromatic heterocycles. The lowest BCUT2D eigenvalue weighted by Gasteiger charge is -2.05. The van der Waals surface area contributed by atoms with Gasteiger partial charge in [0.1, 0.15) is 11.6 Å². The fraction of sp³-hybridized carbons (Fsp3) is 0.250. The Hall–Kier alpha value is -0.280. The van der Waals surface area contributed by atoms with Crippen LogP contribution in [0.2, 0.25) is 5.02 Å². The molecule has 0 heterocycles. The highest BCUT2D eigenvalue weighted by atomic mass is 79.9. The Labute approximate surface area is 83.6 Å². The van der Waals surface area contributed by atoms with Gasteiger partial charge in [-0.3, -0.25) is 0 Å². The van der Waals surface area contributed by atoms with Crippen LogP contribution < -0.4 is 4.74 Å². The molecule has 0 spiro atoms. The summed E-state index contributed by atoms with van der Waals surface area (Å²) in [5, 5.41) is 1.12. The molecule has 1 nitrogen and oxygen atoms in total. The SMILES string of the molecule is Fc1ccc(Cl)c(OCCBr)c1. The molecule has 0 saturated heterocycles. The number of alkyl halides is 1. The topological polar surface area (TPSA) is 9.23 Å². The Bertz CT molecular complexity index is 267. The molecule has 4 heteroatoms. The van der Waals surface area contributed by atoms with Crippen LogP contribution in [-0.2, 0) is 0 Å². The van der Waals surface area contributed by atoms with Crippen molar-refractivity contribution < 1.29 is 9.13 Å². The van der Waals surface area contributed by atoms with Crippen molar-refractivity contribution in [3.63, 3.8) is 0 Å². The van der Waals surface area contributed by atoms with E-state index < -0.39 is 0 Å². The summed E-state index contributed by atoms with van der Waals surface area (Å²) >= 11 is 8.91. The molecule has 0 fully saturated rings. The standard InChI is InChI=1S/C8H7BrClFO/c9-3-4-12-8-5-6(11)1-2-7(8)10/h1-2,5H,3-4H2. The number of hydrogen-bond acceptors (Lipinski definition) is 1. The second kappa shape index (κ2) is 4.67. The van der Waals surface area contributed by atoms with Gasteiger partial charge in [0, 0.05) is 11.4 Å². The van der Waals surface area contributed by atoms with Crippen molar-refractivity contribution in [2.24, 2.45) is 0 Å². The normalized spacial score (nSPS) is 9.92. The fourth-order valence-corrected chi connectivity index (χ4v) is 1.07. The van der Waals surface area contributed by atoms with Crippen LogP contribution in [0.15, 0.2) is 18.2 Å². The predicted octanol–water partition coefficient (Wildman–Crippen LogP) is 3.25. The maximum atomic E-state index is 12.6. The first-order valence-electron chi connectivity index (χ1n) is 3.38. The second-order valence-corrected chi connectivity index (χ2v) is 3.31. The average Bonchev–Trinajstić information content (AvgIpc) is 2.07. The highest BCUT2D eigenvalue weighted by molar-refractivity contribution is 9.09. The van der Waals surface area contributed by atoms with Crippen molar-refractivity contribution in [2.45, 2.75) is 0 Å². The van der Waals surface area contributed by atoms with Crippen molar-refractivity contribution in [3.05, 3.63) is 29.0 Å². The Morgan fingerprint density at radius 2 is 2.25 bits per heavy atom. The molecule has 1 aromatic carbocycles. The molecule has 0 unspecified atom stereocenters. The molecule has 0 amide bonds. The smallest absolute Gasteiger partial charge is 0.140 e. The Balaban J connectivity index is 2.75. The fourth-order valence-electron chi connectivity index (χ4n) is 0.736. The monoisotopic (exact) mass is 252 g/mol. The molecular formula is C8H7BrClFO. The van der Waals surface area contributed by atoms with Gasteiger partial charge < -0.3 is 4.74 Å². The number of ether oxygens (including phenoxy) is 1. The van der Waals surface area contributed by atoms with Crippen molar-refractivity contribution in [2.75, 3.05) is 11.9 Å². The molecule has 0 N–H and O–H groups in total. The van der Waals surface area contributed by atoms with Gasteiger partial charge in [-0.25, -0.2) is 4.39 Å². The van der Waals surface area contributed by atoms with E-state index in [9.17, 15) is 4.39 Å². The lowest BCUT2D eigenvalue weighted by molar-refractivity contribution is 0.343. The van der Waals surface area contributed by atoms with Crippen LogP contribution in [0.5, 0.6) is 5.75 Å². The molecule has 12 heavy (non-hydrogen) atoms. The van der Waals surface area contributed by atoms with Gasteiger partial charge in [0.25, 0.3) is 0 Å². The van der Waals surface area contributed by atoms with Gasteiger partial charge in [0.05, 0.1) is 11.6 Å². The molecule has 1 rings (SSSR count). The van der Waals surface area contributed by atoms with Gasteiger partial charge in [-0.05, 0) is 12.1 Å². The second-order valence-electron chi connectivity index (χ2n) is 2.11. The van der Waals surface area contributed by atoms with E-state index in [4.69, 9.17) is 16.3 Å². The largest absolute Gasteiger partial charge is 0.491 e. The summed E-state index contributed by atoms with van der Waals surface area (Å²) in [5.41, 5.74) is 0. The summed E-state index contributed by atoms with van der Waals surface area (Å²) in [5.74, 6) is 0.0417. The minimum absolute atomic E-state index is 0.344. The van der Waals surface area contributed by atoms with Crippen molar-refractivity contribution >= 4 is 27.5 Å². The highest BCUT2D eigenvalue weighted by Gasteiger charge is 2.01. The van der Waals surface area contributed by atoms with E-state index in [2.05, 4.69) is 15.9 Å². The molecule has 66 valence electrons. The molecule has 0 atom stereocenters. The van der Waals surface area contributed by atoms with Crippen LogP contribution in [0.25, 0.3) is 0 Å². The van der Waals surface area contributed by atoms with Gasteiger partial charge in [0.15, 0.2) is 0 Å². The van der Waals surface area contributed by atoms with Gasteiger partial charge in [0.2, 0.25) is 0 Å². The van der Waals surface area contributed by atoms with Gasteiger partial charge in [-0.2, -0.15) is 0 Å². The molecule has 0 bridgehead atoms. The van der Waals surface area contributed by atoms with Gasteiger partial charge >= 0.3 is 0 Å². The summed E-state index contributed by atoms with van der Waals surface area (Å²) in [6.07, 6.45) is 0. The van der Waals surface area contributed by atoms with Crippen LogP contribution in [0.3, 0.4) is 0 Å². The first kappa shape index (κ1) is 9.81. The summed E-state index contributed by atoms with van der Waals surface area (Å²) in [7, 11) is 0. The molecule has 0 radical (unpaired) electrons. The summed E-state index contributed by atoms with van der Waals surface area (Å²) in [6.45, 7) is 0.475. The third-order valence-electron chi connectivity index (χ3n) is 1.23. The number of halogens is 3. The molecule has 0 saturated carbocycles. The van der Waals surface area contributed by atoms with Gasteiger partial charge in [-0.1, -0.05) is 27.5 Å². The number of rotatable bonds is 3. The van der Waals surface area contributed by atoms with E-state index in [-0.39, 0.29) is 5.82 Å². The number of hydrogen-bond donors (Lipinski definition) is 0. The van der Waals surface area contributed by atoms with Crippen LogP contribution in [0.4, 0.5) is 4.39 Å². The van der Waals surface area contributed by atoms with Crippen LogP contribution in [0, 0.1) is 5.82 Å². The quantitative estimate of drug-likeness (QED) is 0.751. The van der Waals surface area contributed by atoms with E-state index in [1.165, 1.54) is 18.2 Å².